The first-order valence-corrected chi connectivity index (χ1v) is 14.0. The number of likely N-dealkylation sites (tertiary alicyclic amines) is 1. The first-order chi connectivity index (χ1) is 18.2. The number of nitrogens with zero attached hydrogens (tertiary/aromatic N) is 2. The normalized spacial score (nSPS) is 13.4. The van der Waals surface area contributed by atoms with Crippen LogP contribution in [0.1, 0.15) is 35.1 Å². The van der Waals surface area contributed by atoms with Crippen LogP contribution in [0.4, 0.5) is 5.69 Å². The van der Waals surface area contributed by atoms with Crippen molar-refractivity contribution in [3.8, 4) is 5.75 Å². The van der Waals surface area contributed by atoms with Gasteiger partial charge in [-0.1, -0.05) is 48.0 Å². The van der Waals surface area contributed by atoms with E-state index in [1.54, 1.807) is 24.3 Å². The SMILES string of the molecule is COc1ccc(C)cc1N(CC(=O)NCc1ccccc1CN1CCCC1=O)S(=O)(=O)c1ccc(C)cc1. The molecular weight excluding hydrogens is 502 g/mol. The molecule has 9 heteroatoms. The molecule has 200 valence electrons. The number of anilines is 1. The zero-order valence-electron chi connectivity index (χ0n) is 21.9. The molecule has 0 unspecified atom stereocenters. The Hall–Kier alpha value is -3.85. The van der Waals surface area contributed by atoms with E-state index in [2.05, 4.69) is 5.32 Å². The van der Waals surface area contributed by atoms with Crippen molar-refractivity contribution in [2.75, 3.05) is 24.5 Å². The van der Waals surface area contributed by atoms with E-state index in [9.17, 15) is 18.0 Å². The molecule has 1 aliphatic rings. The third kappa shape index (κ3) is 6.16. The highest BCUT2D eigenvalue weighted by molar-refractivity contribution is 7.92. The van der Waals surface area contributed by atoms with Gasteiger partial charge >= 0.3 is 0 Å². The topological polar surface area (TPSA) is 96.0 Å². The molecule has 0 radical (unpaired) electrons. The van der Waals surface area contributed by atoms with Crippen LogP contribution in [0, 0.1) is 13.8 Å². The minimum absolute atomic E-state index is 0.0834. The summed E-state index contributed by atoms with van der Waals surface area (Å²) < 4.78 is 34.1. The highest BCUT2D eigenvalue weighted by Gasteiger charge is 2.30. The second kappa shape index (κ2) is 11.7. The highest BCUT2D eigenvalue weighted by atomic mass is 32.2. The van der Waals surface area contributed by atoms with E-state index >= 15 is 0 Å². The monoisotopic (exact) mass is 535 g/mol. The number of hydrogen-bond donors (Lipinski definition) is 1. The average Bonchev–Trinajstić information content (AvgIpc) is 3.31. The number of sulfonamides is 1. The summed E-state index contributed by atoms with van der Waals surface area (Å²) in [7, 11) is -2.61. The summed E-state index contributed by atoms with van der Waals surface area (Å²) in [4.78, 5) is 27.2. The quantitative estimate of drug-likeness (QED) is 0.424. The van der Waals surface area contributed by atoms with Crippen molar-refractivity contribution in [3.05, 3.63) is 89.0 Å². The van der Waals surface area contributed by atoms with Gasteiger partial charge in [0.25, 0.3) is 10.0 Å². The Morgan fingerprint density at radius 2 is 1.68 bits per heavy atom. The molecule has 3 aromatic rings. The van der Waals surface area contributed by atoms with E-state index < -0.39 is 22.5 Å². The lowest BCUT2D eigenvalue weighted by molar-refractivity contribution is -0.128. The summed E-state index contributed by atoms with van der Waals surface area (Å²) in [5.74, 6) is 0.0175. The van der Waals surface area contributed by atoms with Gasteiger partial charge in [0.05, 0.1) is 17.7 Å². The Bertz CT molecular complexity index is 1420. The van der Waals surface area contributed by atoms with Crippen LogP contribution in [0.2, 0.25) is 0 Å². The third-order valence-electron chi connectivity index (χ3n) is 6.63. The largest absolute Gasteiger partial charge is 0.495 e. The number of carbonyl (C=O) groups is 2. The maximum absolute atomic E-state index is 13.8. The zero-order chi connectivity index (χ0) is 27.3. The molecule has 3 aromatic carbocycles. The van der Waals surface area contributed by atoms with Crippen LogP contribution in [0.15, 0.2) is 71.6 Å². The lowest BCUT2D eigenvalue weighted by Gasteiger charge is -2.26. The molecule has 0 aromatic heterocycles. The van der Waals surface area contributed by atoms with Gasteiger partial charge in [-0.05, 0) is 61.2 Å². The second-order valence-corrected chi connectivity index (χ2v) is 11.3. The Labute approximate surface area is 224 Å². The Morgan fingerprint density at radius 3 is 2.34 bits per heavy atom. The third-order valence-corrected chi connectivity index (χ3v) is 8.40. The number of ether oxygens (including phenoxy) is 1. The second-order valence-electron chi connectivity index (χ2n) is 9.46. The molecule has 2 amide bonds. The lowest BCUT2D eigenvalue weighted by Crippen LogP contribution is -2.41. The molecule has 1 aliphatic heterocycles. The van der Waals surface area contributed by atoms with E-state index in [-0.39, 0.29) is 23.0 Å². The molecule has 1 saturated heterocycles. The molecule has 1 N–H and O–H groups in total. The molecular formula is C29H33N3O5S. The summed E-state index contributed by atoms with van der Waals surface area (Å²) in [6.07, 6.45) is 1.41. The van der Waals surface area contributed by atoms with Gasteiger partial charge in [0, 0.05) is 26.1 Å². The Balaban J connectivity index is 1.58. The molecule has 0 atom stereocenters. The summed E-state index contributed by atoms with van der Waals surface area (Å²) in [6, 6.07) is 19.4. The van der Waals surface area contributed by atoms with E-state index in [1.165, 1.54) is 19.2 Å². The number of benzene rings is 3. The van der Waals surface area contributed by atoms with Crippen LogP contribution < -0.4 is 14.4 Å². The van der Waals surface area contributed by atoms with Crippen LogP contribution in [0.5, 0.6) is 5.75 Å². The molecule has 38 heavy (non-hydrogen) atoms. The molecule has 0 bridgehead atoms. The van der Waals surface area contributed by atoms with E-state index in [1.807, 2.05) is 49.1 Å². The molecule has 0 aliphatic carbocycles. The van der Waals surface area contributed by atoms with Crippen molar-refractivity contribution in [1.82, 2.24) is 10.2 Å². The number of carbonyl (C=O) groups excluding carboxylic acids is 2. The number of aryl methyl sites for hydroxylation is 2. The summed E-state index contributed by atoms with van der Waals surface area (Å²) in [5, 5.41) is 2.87. The van der Waals surface area contributed by atoms with E-state index in [4.69, 9.17) is 4.74 Å². The van der Waals surface area contributed by atoms with Crippen molar-refractivity contribution in [3.63, 3.8) is 0 Å². The molecule has 4 rings (SSSR count). The van der Waals surface area contributed by atoms with Crippen molar-refractivity contribution >= 4 is 27.5 Å². The Morgan fingerprint density at radius 1 is 1.00 bits per heavy atom. The van der Waals surface area contributed by atoms with Crippen LogP contribution in [0.3, 0.4) is 0 Å². The number of rotatable bonds is 10. The van der Waals surface area contributed by atoms with Gasteiger partial charge in [-0.3, -0.25) is 13.9 Å². The zero-order valence-corrected chi connectivity index (χ0v) is 22.8. The minimum Gasteiger partial charge on any atom is -0.495 e. The first kappa shape index (κ1) is 27.2. The van der Waals surface area contributed by atoms with Crippen LogP contribution in [-0.4, -0.2) is 45.3 Å². The summed E-state index contributed by atoms with van der Waals surface area (Å²) in [6.45, 7) is 4.72. The van der Waals surface area contributed by atoms with Gasteiger partial charge in [-0.15, -0.1) is 0 Å². The molecule has 8 nitrogen and oxygen atoms in total. The van der Waals surface area contributed by atoms with Crippen LogP contribution >= 0.6 is 0 Å². The van der Waals surface area contributed by atoms with Gasteiger partial charge in [-0.25, -0.2) is 8.42 Å². The standard InChI is InChI=1S/C29H33N3O5S/c1-21-10-13-25(14-11-21)38(35,36)32(26-17-22(2)12-15-27(26)37-3)20-28(33)30-18-23-7-4-5-8-24(23)19-31-16-6-9-29(31)34/h4-5,7-8,10-15,17H,6,9,16,18-20H2,1-3H3,(H,30,33). The van der Waals surface area contributed by atoms with E-state index in [0.717, 1.165) is 39.5 Å². The van der Waals surface area contributed by atoms with Crippen LogP contribution in [-0.2, 0) is 32.7 Å². The molecule has 1 heterocycles. The molecule has 0 saturated carbocycles. The maximum Gasteiger partial charge on any atom is 0.264 e. The predicted octanol–water partition coefficient (Wildman–Crippen LogP) is 3.95. The fraction of sp³-hybridized carbons (Fsp3) is 0.310. The van der Waals surface area contributed by atoms with Gasteiger partial charge in [0.1, 0.15) is 12.3 Å². The van der Waals surface area contributed by atoms with Crippen molar-refractivity contribution in [1.29, 1.82) is 0 Å². The van der Waals surface area contributed by atoms with Crippen molar-refractivity contribution in [2.24, 2.45) is 0 Å². The lowest BCUT2D eigenvalue weighted by atomic mass is 10.1. The number of methoxy groups -OCH3 is 1. The smallest absolute Gasteiger partial charge is 0.264 e. The van der Waals surface area contributed by atoms with Gasteiger partial charge < -0.3 is 15.0 Å². The summed E-state index contributed by atoms with van der Waals surface area (Å²) in [5.41, 5.74) is 3.87. The van der Waals surface area contributed by atoms with Crippen molar-refractivity contribution < 1.29 is 22.7 Å². The molecule has 1 fully saturated rings. The highest BCUT2D eigenvalue weighted by Crippen LogP contribution is 2.33. The van der Waals surface area contributed by atoms with Crippen molar-refractivity contribution in [2.45, 2.75) is 44.7 Å². The minimum atomic E-state index is -4.08. The Kier molecular flexibility index (Phi) is 8.36. The fourth-order valence-corrected chi connectivity index (χ4v) is 5.90. The number of hydrogen-bond acceptors (Lipinski definition) is 5. The van der Waals surface area contributed by atoms with Gasteiger partial charge in [0.15, 0.2) is 0 Å². The van der Waals surface area contributed by atoms with Gasteiger partial charge in [-0.2, -0.15) is 0 Å². The summed E-state index contributed by atoms with van der Waals surface area (Å²) >= 11 is 0. The molecule has 0 spiro atoms. The number of nitrogens with one attached hydrogen (secondary N) is 1. The fourth-order valence-electron chi connectivity index (χ4n) is 4.47. The maximum atomic E-state index is 13.8. The first-order valence-electron chi connectivity index (χ1n) is 12.5. The average molecular weight is 536 g/mol. The number of amides is 2. The van der Waals surface area contributed by atoms with E-state index in [0.29, 0.717) is 18.7 Å². The predicted molar refractivity (Wildman–Crippen MR) is 146 cm³/mol. The van der Waals surface area contributed by atoms with Gasteiger partial charge in [0.2, 0.25) is 11.8 Å². The van der Waals surface area contributed by atoms with Crippen LogP contribution in [0.25, 0.3) is 0 Å².